The molecule has 1 radical (unpaired) electrons. The fourth-order valence-corrected chi connectivity index (χ4v) is 3.05. The Morgan fingerprint density at radius 1 is 1.00 bits per heavy atom. The number of aryl methyl sites for hydroxylation is 1. The van der Waals surface area contributed by atoms with Gasteiger partial charge in [-0.15, -0.1) is 0 Å². The van der Waals surface area contributed by atoms with Gasteiger partial charge >= 0.3 is 6.03 Å². The minimum absolute atomic E-state index is 0.209. The van der Waals surface area contributed by atoms with Crippen LogP contribution in [-0.2, 0) is 7.05 Å². The molecule has 8 heteroatoms. The Bertz CT molecular complexity index is 1200. The van der Waals surface area contributed by atoms with E-state index >= 15 is 0 Å². The van der Waals surface area contributed by atoms with Gasteiger partial charge in [0.1, 0.15) is 6.33 Å². The van der Waals surface area contributed by atoms with E-state index in [9.17, 15) is 9.59 Å². The van der Waals surface area contributed by atoms with E-state index in [0.29, 0.717) is 5.69 Å². The lowest BCUT2D eigenvalue weighted by Crippen LogP contribution is -2.41. The Morgan fingerprint density at radius 2 is 1.80 bits per heavy atom. The molecule has 0 aliphatic carbocycles. The molecule has 0 atom stereocenters. The lowest BCUT2D eigenvalue weighted by molar-refractivity contribution is 0.0995. The van der Waals surface area contributed by atoms with Crippen LogP contribution in [0.2, 0.25) is 0 Å². The zero-order valence-corrected chi connectivity index (χ0v) is 16.1. The first-order chi connectivity index (χ1) is 14.5. The summed E-state index contributed by atoms with van der Waals surface area (Å²) in [5.74, 6) is -0.568. The molecule has 0 unspecified atom stereocenters. The monoisotopic (exact) mass is 397 g/mol. The number of carbonyl (C=O) groups is 2. The zero-order chi connectivity index (χ0) is 21.1. The number of urea groups is 1. The lowest BCUT2D eigenvalue weighted by Gasteiger charge is -2.19. The second-order valence-corrected chi connectivity index (χ2v) is 6.55. The number of rotatable bonds is 4. The highest BCUT2D eigenvalue weighted by Gasteiger charge is 2.23. The molecule has 4 rings (SSSR count). The van der Waals surface area contributed by atoms with Gasteiger partial charge in [0.2, 0.25) is 0 Å². The fourth-order valence-electron chi connectivity index (χ4n) is 3.05. The van der Waals surface area contributed by atoms with Crippen LogP contribution in [0.5, 0.6) is 0 Å². The summed E-state index contributed by atoms with van der Waals surface area (Å²) in [4.78, 5) is 34.1. The standard InChI is InChI=1S/C22H17N6O2/c1-27-13-19(12-26-27)17-3-2-4-20(9-17)28(22(23)30)21(29)16-7-5-15(6-8-16)18-10-24-14-25-11-18/h2-7,9-14H,1H3,(H2,23,30). The van der Waals surface area contributed by atoms with E-state index in [-0.39, 0.29) is 5.56 Å². The van der Waals surface area contributed by atoms with Crippen molar-refractivity contribution in [3.63, 3.8) is 0 Å². The van der Waals surface area contributed by atoms with Gasteiger partial charge in [0.15, 0.2) is 0 Å². The third-order valence-electron chi connectivity index (χ3n) is 4.50. The largest absolute Gasteiger partial charge is 0.351 e. The van der Waals surface area contributed by atoms with Crippen LogP contribution < -0.4 is 10.6 Å². The molecule has 0 spiro atoms. The number of hydrogen-bond acceptors (Lipinski definition) is 5. The van der Waals surface area contributed by atoms with Gasteiger partial charge in [-0.25, -0.2) is 19.7 Å². The van der Waals surface area contributed by atoms with Crippen molar-refractivity contribution in [2.45, 2.75) is 0 Å². The van der Waals surface area contributed by atoms with Crippen LogP contribution in [0.3, 0.4) is 0 Å². The van der Waals surface area contributed by atoms with Crippen LogP contribution in [-0.4, -0.2) is 31.7 Å². The molecule has 0 aliphatic rings. The maximum Gasteiger partial charge on any atom is 0.326 e. The quantitative estimate of drug-likeness (QED) is 0.569. The zero-order valence-electron chi connectivity index (χ0n) is 16.1. The minimum Gasteiger partial charge on any atom is -0.351 e. The Hall–Kier alpha value is -4.33. The second kappa shape index (κ2) is 7.96. The molecule has 2 aromatic heterocycles. The molecular weight excluding hydrogens is 380 g/mol. The van der Waals surface area contributed by atoms with E-state index < -0.39 is 11.9 Å². The summed E-state index contributed by atoms with van der Waals surface area (Å²) in [5.41, 5.74) is 9.38. The number of amides is 3. The van der Waals surface area contributed by atoms with Gasteiger partial charge in [-0.1, -0.05) is 18.2 Å². The van der Waals surface area contributed by atoms with Crippen molar-refractivity contribution < 1.29 is 9.59 Å². The predicted molar refractivity (Wildman–Crippen MR) is 111 cm³/mol. The summed E-state index contributed by atoms with van der Waals surface area (Å²) in [5, 5.41) is 4.15. The SMILES string of the molecule is Cn1cc(-c2cccc(N(C(N)=O)C(=O)c3[c]cc(-c4cncnc4)cc3)c2)cn1. The summed E-state index contributed by atoms with van der Waals surface area (Å²) in [6, 6.07) is 14.0. The van der Waals surface area contributed by atoms with Gasteiger partial charge < -0.3 is 5.73 Å². The number of anilines is 1. The molecule has 0 aliphatic heterocycles. The van der Waals surface area contributed by atoms with Crippen molar-refractivity contribution in [3.8, 4) is 22.3 Å². The fraction of sp³-hybridized carbons (Fsp3) is 0.0455. The maximum absolute atomic E-state index is 13.0. The molecule has 30 heavy (non-hydrogen) atoms. The van der Waals surface area contributed by atoms with E-state index in [0.717, 1.165) is 27.2 Å². The van der Waals surface area contributed by atoms with Gasteiger partial charge in [-0.3, -0.25) is 9.48 Å². The molecule has 4 aromatic rings. The number of benzene rings is 2. The third-order valence-corrected chi connectivity index (χ3v) is 4.50. The molecule has 0 bridgehead atoms. The molecule has 2 aromatic carbocycles. The van der Waals surface area contributed by atoms with E-state index in [1.165, 1.54) is 6.33 Å². The first-order valence-corrected chi connectivity index (χ1v) is 9.03. The molecule has 2 N–H and O–H groups in total. The van der Waals surface area contributed by atoms with E-state index in [4.69, 9.17) is 5.73 Å². The Kier molecular flexibility index (Phi) is 5.04. The van der Waals surface area contributed by atoms with Gasteiger partial charge in [0, 0.05) is 42.3 Å². The highest BCUT2D eigenvalue weighted by molar-refractivity contribution is 6.20. The number of carbonyl (C=O) groups excluding carboxylic acids is 2. The van der Waals surface area contributed by atoms with Crippen molar-refractivity contribution in [1.82, 2.24) is 19.7 Å². The second-order valence-electron chi connectivity index (χ2n) is 6.55. The number of imide groups is 1. The van der Waals surface area contributed by atoms with Crippen LogP contribution >= 0.6 is 0 Å². The molecule has 2 heterocycles. The summed E-state index contributed by atoms with van der Waals surface area (Å²) in [7, 11) is 1.81. The third kappa shape index (κ3) is 3.79. The summed E-state index contributed by atoms with van der Waals surface area (Å²) in [6.45, 7) is 0. The van der Waals surface area contributed by atoms with Crippen molar-refractivity contribution in [1.29, 1.82) is 0 Å². The normalized spacial score (nSPS) is 10.6. The number of aromatic nitrogens is 4. The highest BCUT2D eigenvalue weighted by atomic mass is 16.2. The lowest BCUT2D eigenvalue weighted by atomic mass is 10.1. The van der Waals surface area contributed by atoms with Crippen molar-refractivity contribution in [3.05, 3.63) is 85.2 Å². The van der Waals surface area contributed by atoms with Crippen LogP contribution in [0.4, 0.5) is 10.5 Å². The smallest absolute Gasteiger partial charge is 0.326 e. The Morgan fingerprint density at radius 3 is 2.43 bits per heavy atom. The van der Waals surface area contributed by atoms with E-state index in [1.54, 1.807) is 59.7 Å². The first kappa shape index (κ1) is 19.0. The first-order valence-electron chi connectivity index (χ1n) is 9.03. The number of hydrogen-bond donors (Lipinski definition) is 1. The molecule has 0 fully saturated rings. The maximum atomic E-state index is 13.0. The Labute approximate surface area is 172 Å². The highest BCUT2D eigenvalue weighted by Crippen LogP contribution is 2.26. The van der Waals surface area contributed by atoms with Gasteiger partial charge in [0.05, 0.1) is 11.9 Å². The van der Waals surface area contributed by atoms with E-state index in [1.807, 2.05) is 19.3 Å². The van der Waals surface area contributed by atoms with Crippen LogP contribution in [0.1, 0.15) is 10.4 Å². The van der Waals surface area contributed by atoms with Gasteiger partial charge in [-0.05, 0) is 41.5 Å². The number of nitrogens with zero attached hydrogens (tertiary/aromatic N) is 5. The number of primary amides is 1. The number of nitrogens with two attached hydrogens (primary N) is 1. The topological polar surface area (TPSA) is 107 Å². The average molecular weight is 397 g/mol. The molecule has 8 nitrogen and oxygen atoms in total. The van der Waals surface area contributed by atoms with Crippen molar-refractivity contribution >= 4 is 17.6 Å². The summed E-state index contributed by atoms with van der Waals surface area (Å²) < 4.78 is 1.67. The average Bonchev–Trinajstić information content (AvgIpc) is 3.21. The summed E-state index contributed by atoms with van der Waals surface area (Å²) >= 11 is 0. The predicted octanol–water partition coefficient (Wildman–Crippen LogP) is 3.07. The van der Waals surface area contributed by atoms with Crippen LogP contribution in [0, 0.1) is 6.07 Å². The van der Waals surface area contributed by atoms with Crippen LogP contribution in [0.15, 0.2) is 73.6 Å². The van der Waals surface area contributed by atoms with E-state index in [2.05, 4.69) is 21.1 Å². The summed E-state index contributed by atoms with van der Waals surface area (Å²) in [6.07, 6.45) is 8.31. The van der Waals surface area contributed by atoms with Crippen molar-refractivity contribution in [2.75, 3.05) is 4.90 Å². The molecule has 0 saturated heterocycles. The minimum atomic E-state index is -0.878. The van der Waals surface area contributed by atoms with Crippen molar-refractivity contribution in [2.24, 2.45) is 12.8 Å². The molecule has 0 saturated carbocycles. The van der Waals surface area contributed by atoms with Crippen LogP contribution in [0.25, 0.3) is 22.3 Å². The molecule has 3 amide bonds. The van der Waals surface area contributed by atoms with Gasteiger partial charge in [-0.2, -0.15) is 5.10 Å². The van der Waals surface area contributed by atoms with Gasteiger partial charge in [0.25, 0.3) is 5.91 Å². The molecular formula is C22H17N6O2. The Balaban J connectivity index is 1.65. The molecule has 147 valence electrons.